The molecular weight excluding hydrogens is 614 g/mol. The molecule has 3 aliphatic heterocycles. The number of aliphatic imine (C=N–C) groups is 1. The summed E-state index contributed by atoms with van der Waals surface area (Å²) in [7, 11) is 1.35. The molecule has 3 aliphatic rings. The predicted molar refractivity (Wildman–Crippen MR) is 179 cm³/mol. The molecule has 0 unspecified atom stereocenters. The highest BCUT2D eigenvalue weighted by molar-refractivity contribution is 5.91. The van der Waals surface area contributed by atoms with Gasteiger partial charge >= 0.3 is 18.1 Å². The number of nitrogens with one attached hydrogen (secondary N) is 1. The Morgan fingerprint density at radius 2 is 1.79 bits per heavy atom. The number of phenolic OH excluding ortho intramolecular Hbond substituents is 1. The summed E-state index contributed by atoms with van der Waals surface area (Å²) in [6.45, 7) is 5.46. The summed E-state index contributed by atoms with van der Waals surface area (Å²) in [5.74, 6) is 1.62. The number of aryl methyl sites for hydroxylation is 2. The molecule has 12 heteroatoms. The molecule has 2 saturated heterocycles. The average Bonchev–Trinajstić information content (AvgIpc) is 3.26. The van der Waals surface area contributed by atoms with E-state index in [1.165, 1.54) is 7.11 Å². The third-order valence-corrected chi connectivity index (χ3v) is 9.27. The van der Waals surface area contributed by atoms with E-state index in [-0.39, 0.29) is 30.2 Å². The molecule has 2 N–H and O–H groups in total. The molecular formula is C36H43N5O7. The Balaban J connectivity index is 1.26. The van der Waals surface area contributed by atoms with Crippen LogP contribution in [0.1, 0.15) is 54.4 Å². The lowest BCUT2D eigenvalue weighted by molar-refractivity contribution is -0.147. The van der Waals surface area contributed by atoms with E-state index in [9.17, 15) is 24.3 Å². The average molecular weight is 658 g/mol. The van der Waals surface area contributed by atoms with E-state index in [1.807, 2.05) is 29.2 Å². The van der Waals surface area contributed by atoms with Gasteiger partial charge in [0.05, 0.1) is 13.3 Å². The minimum absolute atomic E-state index is 0.0380. The van der Waals surface area contributed by atoms with Crippen molar-refractivity contribution >= 4 is 35.6 Å². The molecule has 2 fully saturated rings. The Labute approximate surface area is 280 Å². The van der Waals surface area contributed by atoms with Gasteiger partial charge in [-0.15, -0.1) is 0 Å². The predicted octanol–water partition coefficient (Wildman–Crippen LogP) is 4.50. The fourth-order valence-electron chi connectivity index (χ4n) is 6.62. The first-order valence-electron chi connectivity index (χ1n) is 16.5. The molecule has 0 aromatic heterocycles. The fourth-order valence-corrected chi connectivity index (χ4v) is 6.62. The first kappa shape index (κ1) is 34.3. The van der Waals surface area contributed by atoms with Crippen molar-refractivity contribution < 1.29 is 33.8 Å². The number of nitrogens with zero attached hydrogens (tertiary/aromatic N) is 4. The second-order valence-electron chi connectivity index (χ2n) is 12.5. The van der Waals surface area contributed by atoms with Crippen LogP contribution in [0.25, 0.3) is 0 Å². The lowest BCUT2D eigenvalue weighted by Gasteiger charge is -2.37. The van der Waals surface area contributed by atoms with Crippen LogP contribution < -0.4 is 5.32 Å². The van der Waals surface area contributed by atoms with Crippen LogP contribution in [0.2, 0.25) is 0 Å². The quantitative estimate of drug-likeness (QED) is 0.252. The van der Waals surface area contributed by atoms with E-state index in [4.69, 9.17) is 9.47 Å². The summed E-state index contributed by atoms with van der Waals surface area (Å²) in [5.41, 5.74) is 6.63. The van der Waals surface area contributed by atoms with Crippen molar-refractivity contribution in [3.63, 3.8) is 0 Å². The summed E-state index contributed by atoms with van der Waals surface area (Å²) < 4.78 is 10.7. The Hall–Kier alpha value is -5.05. The van der Waals surface area contributed by atoms with Gasteiger partial charge in [-0.1, -0.05) is 30.3 Å². The second-order valence-corrected chi connectivity index (χ2v) is 12.5. The van der Waals surface area contributed by atoms with Crippen LogP contribution in [0.3, 0.4) is 0 Å². The number of phenols is 1. The van der Waals surface area contributed by atoms with Gasteiger partial charge in [0.25, 0.3) is 5.91 Å². The molecule has 0 saturated carbocycles. The molecule has 48 heavy (non-hydrogen) atoms. The van der Waals surface area contributed by atoms with Crippen molar-refractivity contribution in [2.75, 3.05) is 38.6 Å². The Kier molecular flexibility index (Phi) is 11.2. The number of carbonyl (C=O) groups excluding carboxylic acids is 4. The Bertz CT molecular complexity index is 1610. The van der Waals surface area contributed by atoms with Crippen molar-refractivity contribution in [1.29, 1.82) is 0 Å². The molecule has 3 heterocycles. The molecule has 2 aromatic carbocycles. The number of urea groups is 1. The number of benzene rings is 2. The molecule has 5 rings (SSSR count). The third-order valence-electron chi connectivity index (χ3n) is 9.27. The van der Waals surface area contributed by atoms with Gasteiger partial charge in [0.2, 0.25) is 0 Å². The standard InChI is InChI=1S/C36H43N5O7/c1-24-21-26(22-25(2)32(24)42)23-31(33(43)37-15-8-17-39-16-7-6-11-30(39)34(44)47-3)48-36(46)40-18-13-28(14-19-40)41-20-12-27-9-4-5-10-29(27)38-35(41)45/h4-5,9-10,17,21-22,28,30-31,42H,6-7,11-14,16,18-20,23H2,1-3H3,(H,38,45)/t30-,31-/m1/s1. The van der Waals surface area contributed by atoms with E-state index in [0.29, 0.717) is 62.1 Å². The van der Waals surface area contributed by atoms with Gasteiger partial charge in [0, 0.05) is 50.2 Å². The van der Waals surface area contributed by atoms with E-state index in [2.05, 4.69) is 21.9 Å². The van der Waals surface area contributed by atoms with Crippen LogP contribution in [-0.4, -0.2) is 101 Å². The van der Waals surface area contributed by atoms with Crippen molar-refractivity contribution in [2.45, 2.75) is 77.0 Å². The minimum atomic E-state index is -1.25. The number of rotatable bonds is 7. The van der Waals surface area contributed by atoms with Gasteiger partial charge in [-0.05, 0) is 86.4 Å². The van der Waals surface area contributed by atoms with E-state index < -0.39 is 24.1 Å². The highest BCUT2D eigenvalue weighted by Gasteiger charge is 2.34. The number of esters is 1. The first-order valence-corrected chi connectivity index (χ1v) is 16.5. The number of fused-ring (bicyclic) bond motifs is 1. The number of hydrogen-bond acceptors (Lipinski definition) is 8. The minimum Gasteiger partial charge on any atom is -0.507 e. The molecule has 0 aliphatic carbocycles. The van der Waals surface area contributed by atoms with Gasteiger partial charge in [-0.25, -0.2) is 14.4 Å². The summed E-state index contributed by atoms with van der Waals surface area (Å²) in [6.07, 6.45) is 4.04. The zero-order chi connectivity index (χ0) is 34.2. The Morgan fingerprint density at radius 3 is 2.52 bits per heavy atom. The van der Waals surface area contributed by atoms with Crippen molar-refractivity contribution in [1.82, 2.24) is 14.7 Å². The van der Waals surface area contributed by atoms with Crippen molar-refractivity contribution in [3.05, 3.63) is 70.6 Å². The highest BCUT2D eigenvalue weighted by atomic mass is 16.6. The maximum absolute atomic E-state index is 13.4. The third kappa shape index (κ3) is 8.26. The number of amides is 4. The molecule has 4 amide bonds. The van der Waals surface area contributed by atoms with Crippen LogP contribution in [0.15, 0.2) is 53.3 Å². The maximum atomic E-state index is 13.4. The lowest BCUT2D eigenvalue weighted by atomic mass is 10.0. The van der Waals surface area contributed by atoms with Crippen molar-refractivity contribution in [3.8, 4) is 5.75 Å². The number of para-hydroxylation sites is 1. The van der Waals surface area contributed by atoms with Crippen LogP contribution in [0.5, 0.6) is 5.75 Å². The number of aromatic hydroxyl groups is 1. The van der Waals surface area contributed by atoms with Gasteiger partial charge < -0.3 is 34.6 Å². The molecule has 0 radical (unpaired) electrons. The molecule has 2 atom stereocenters. The normalized spacial score (nSPS) is 18.7. The SMILES string of the molecule is COC(=O)[C@H]1CCCCN1C=C=C=NC(=O)[C@@H](Cc1cc(C)c(O)c(C)c1)OC(=O)N1CCC(N2CCc3ccccc3NC2=O)CC1. The van der Waals surface area contributed by atoms with Gasteiger partial charge in [-0.2, -0.15) is 4.99 Å². The number of anilines is 1. The van der Waals surface area contributed by atoms with E-state index in [0.717, 1.165) is 30.5 Å². The topological polar surface area (TPSA) is 141 Å². The van der Waals surface area contributed by atoms with Gasteiger partial charge in [0.1, 0.15) is 11.8 Å². The zero-order valence-electron chi connectivity index (χ0n) is 27.7. The van der Waals surface area contributed by atoms with Crippen molar-refractivity contribution in [2.24, 2.45) is 4.99 Å². The number of methoxy groups -OCH3 is 1. The molecule has 254 valence electrons. The molecule has 0 spiro atoms. The van der Waals surface area contributed by atoms with Crippen LogP contribution in [0.4, 0.5) is 15.3 Å². The largest absolute Gasteiger partial charge is 0.507 e. The molecule has 2 aromatic rings. The van der Waals surface area contributed by atoms with E-state index in [1.54, 1.807) is 42.0 Å². The summed E-state index contributed by atoms with van der Waals surface area (Å²) >= 11 is 0. The van der Waals surface area contributed by atoms with E-state index >= 15 is 0 Å². The maximum Gasteiger partial charge on any atom is 0.410 e. The lowest BCUT2D eigenvalue weighted by Crippen LogP contribution is -2.50. The smallest absolute Gasteiger partial charge is 0.410 e. The number of carbonyl (C=O) groups is 4. The fraction of sp³-hybridized carbons (Fsp3) is 0.472. The molecule has 0 bridgehead atoms. The highest BCUT2D eigenvalue weighted by Crippen LogP contribution is 2.26. The second kappa shape index (κ2) is 15.7. The van der Waals surface area contributed by atoms with Gasteiger partial charge in [-0.3, -0.25) is 4.79 Å². The number of likely N-dealkylation sites (tertiary alicyclic amines) is 2. The summed E-state index contributed by atoms with van der Waals surface area (Å²) in [4.78, 5) is 61.0. The first-order chi connectivity index (χ1) is 23.1. The van der Waals surface area contributed by atoms with Gasteiger partial charge in [0.15, 0.2) is 6.10 Å². The number of hydrogen-bond donors (Lipinski definition) is 2. The van der Waals surface area contributed by atoms with Crippen LogP contribution in [0, 0.1) is 13.8 Å². The number of ether oxygens (including phenoxy) is 2. The zero-order valence-corrected chi connectivity index (χ0v) is 27.7. The Morgan fingerprint density at radius 1 is 1.06 bits per heavy atom. The van der Waals surface area contributed by atoms with Crippen LogP contribution >= 0.6 is 0 Å². The number of piperidine rings is 2. The molecule has 12 nitrogen and oxygen atoms in total. The monoisotopic (exact) mass is 657 g/mol. The summed E-state index contributed by atoms with van der Waals surface area (Å²) in [6, 6.07) is 10.7. The summed E-state index contributed by atoms with van der Waals surface area (Å²) in [5, 5.41) is 13.2. The van der Waals surface area contributed by atoms with Crippen LogP contribution in [-0.2, 0) is 31.9 Å².